The fraction of sp³-hybridized carbons (Fsp3) is 0.167. The zero-order valence-corrected chi connectivity index (χ0v) is 13.9. The first-order valence-corrected chi connectivity index (χ1v) is 7.77. The lowest BCUT2D eigenvalue weighted by Gasteiger charge is -2.09. The van der Waals surface area contributed by atoms with Crippen LogP contribution in [0.15, 0.2) is 53.1 Å². The van der Waals surface area contributed by atoms with Crippen LogP contribution in [0, 0.1) is 5.82 Å². The summed E-state index contributed by atoms with van der Waals surface area (Å²) in [6, 6.07) is 13.1. The van der Waals surface area contributed by atoms with Crippen molar-refractivity contribution < 1.29 is 23.2 Å². The Balaban J connectivity index is 1.53. The topological polar surface area (TPSA) is 86.5 Å². The number of nitrogens with zero attached hydrogens (tertiary/aromatic N) is 2. The van der Waals surface area contributed by atoms with Crippen LogP contribution in [0.3, 0.4) is 0 Å². The Morgan fingerprint density at radius 1 is 1.15 bits per heavy atom. The van der Waals surface area contributed by atoms with Crippen LogP contribution in [0.25, 0.3) is 11.4 Å². The molecule has 0 saturated carbocycles. The molecule has 0 aliphatic carbocycles. The number of carbonyl (C=O) groups excluding carboxylic acids is 1. The highest BCUT2D eigenvalue weighted by Crippen LogP contribution is 2.25. The summed E-state index contributed by atoms with van der Waals surface area (Å²) in [5, 5.41) is 6.31. The minimum atomic E-state index is -0.450. The van der Waals surface area contributed by atoms with E-state index in [9.17, 15) is 9.18 Å². The molecule has 3 rings (SSSR count). The van der Waals surface area contributed by atoms with Crippen molar-refractivity contribution in [3.63, 3.8) is 0 Å². The molecule has 8 heteroatoms. The van der Waals surface area contributed by atoms with Gasteiger partial charge in [-0.2, -0.15) is 4.98 Å². The molecule has 0 radical (unpaired) electrons. The number of ether oxygens (including phenoxy) is 2. The van der Waals surface area contributed by atoms with Gasteiger partial charge < -0.3 is 19.3 Å². The number of aromatic nitrogens is 2. The molecule has 0 spiro atoms. The smallest absolute Gasteiger partial charge is 0.258 e. The number of amides is 1. The van der Waals surface area contributed by atoms with Crippen molar-refractivity contribution in [2.75, 3.05) is 13.7 Å². The van der Waals surface area contributed by atoms with E-state index in [1.165, 1.54) is 13.2 Å². The quantitative estimate of drug-likeness (QED) is 0.699. The summed E-state index contributed by atoms with van der Waals surface area (Å²) >= 11 is 0. The van der Waals surface area contributed by atoms with Crippen LogP contribution in [-0.2, 0) is 11.3 Å². The van der Waals surface area contributed by atoms with E-state index in [0.29, 0.717) is 11.5 Å². The van der Waals surface area contributed by atoms with Crippen LogP contribution in [0.2, 0.25) is 0 Å². The predicted molar refractivity (Wildman–Crippen MR) is 90.0 cm³/mol. The fourth-order valence-corrected chi connectivity index (χ4v) is 2.19. The summed E-state index contributed by atoms with van der Waals surface area (Å²) in [6.07, 6.45) is 0. The molecule has 0 bridgehead atoms. The highest BCUT2D eigenvalue weighted by molar-refractivity contribution is 5.77. The monoisotopic (exact) mass is 357 g/mol. The van der Waals surface area contributed by atoms with Gasteiger partial charge in [-0.15, -0.1) is 0 Å². The number of halogens is 1. The molecule has 7 nitrogen and oxygen atoms in total. The van der Waals surface area contributed by atoms with Gasteiger partial charge in [-0.3, -0.25) is 4.79 Å². The molecule has 0 unspecified atom stereocenters. The Bertz CT molecular complexity index is 897. The van der Waals surface area contributed by atoms with E-state index in [0.717, 1.165) is 0 Å². The average molecular weight is 357 g/mol. The van der Waals surface area contributed by atoms with E-state index in [4.69, 9.17) is 14.0 Å². The van der Waals surface area contributed by atoms with Gasteiger partial charge in [0.2, 0.25) is 11.7 Å². The molecular formula is C18H16FN3O4. The lowest BCUT2D eigenvalue weighted by Crippen LogP contribution is -2.28. The van der Waals surface area contributed by atoms with Gasteiger partial charge in [-0.25, -0.2) is 4.39 Å². The highest BCUT2D eigenvalue weighted by Gasteiger charge is 2.13. The second kappa shape index (κ2) is 8.11. The second-order valence-corrected chi connectivity index (χ2v) is 5.21. The maximum absolute atomic E-state index is 13.7. The first kappa shape index (κ1) is 17.4. The summed E-state index contributed by atoms with van der Waals surface area (Å²) in [5.74, 6) is 0.457. The maximum Gasteiger partial charge on any atom is 0.258 e. The summed E-state index contributed by atoms with van der Waals surface area (Å²) in [7, 11) is 1.52. The average Bonchev–Trinajstić information content (AvgIpc) is 3.14. The van der Waals surface area contributed by atoms with Gasteiger partial charge in [-0.05, 0) is 24.3 Å². The van der Waals surface area contributed by atoms with Crippen molar-refractivity contribution in [1.82, 2.24) is 15.5 Å². The summed E-state index contributed by atoms with van der Waals surface area (Å²) in [4.78, 5) is 16.0. The van der Waals surface area contributed by atoms with Crippen LogP contribution in [0.4, 0.5) is 4.39 Å². The molecule has 0 aliphatic heterocycles. The minimum absolute atomic E-state index is 0.00949. The van der Waals surface area contributed by atoms with E-state index in [1.54, 1.807) is 42.5 Å². The van der Waals surface area contributed by atoms with Crippen LogP contribution in [0.1, 0.15) is 5.89 Å². The van der Waals surface area contributed by atoms with Crippen LogP contribution >= 0.6 is 0 Å². The number of hydrogen-bond donors (Lipinski definition) is 1. The number of benzene rings is 2. The Morgan fingerprint density at radius 3 is 2.65 bits per heavy atom. The van der Waals surface area contributed by atoms with Crippen molar-refractivity contribution in [2.24, 2.45) is 0 Å². The van der Waals surface area contributed by atoms with Gasteiger partial charge in [0.15, 0.2) is 18.1 Å². The summed E-state index contributed by atoms with van der Waals surface area (Å²) in [5.41, 5.74) is 0.230. The van der Waals surface area contributed by atoms with Crippen molar-refractivity contribution in [2.45, 2.75) is 6.54 Å². The number of para-hydroxylation sites is 2. The minimum Gasteiger partial charge on any atom is -0.493 e. The number of carbonyl (C=O) groups is 1. The highest BCUT2D eigenvalue weighted by atomic mass is 19.1. The largest absolute Gasteiger partial charge is 0.493 e. The third-order valence-electron chi connectivity index (χ3n) is 3.45. The molecule has 1 amide bonds. The summed E-state index contributed by atoms with van der Waals surface area (Å²) in [6.45, 7) is -0.190. The third kappa shape index (κ3) is 4.15. The van der Waals surface area contributed by atoms with Gasteiger partial charge in [-0.1, -0.05) is 29.4 Å². The summed E-state index contributed by atoms with van der Waals surface area (Å²) < 4.78 is 29.3. The predicted octanol–water partition coefficient (Wildman–Crippen LogP) is 2.58. The molecule has 1 N–H and O–H groups in total. The maximum atomic E-state index is 13.7. The van der Waals surface area contributed by atoms with Crippen LogP contribution in [0.5, 0.6) is 11.5 Å². The van der Waals surface area contributed by atoms with Crippen molar-refractivity contribution >= 4 is 5.91 Å². The van der Waals surface area contributed by atoms with Gasteiger partial charge in [0, 0.05) is 0 Å². The number of methoxy groups -OCH3 is 1. The standard InChI is InChI=1S/C18H16FN3O4/c1-24-14-8-4-5-9-15(14)25-11-16(23)20-10-17-21-18(22-26-17)12-6-2-3-7-13(12)19/h2-9H,10-11H2,1H3,(H,20,23). The molecule has 26 heavy (non-hydrogen) atoms. The Kier molecular flexibility index (Phi) is 5.43. The van der Waals surface area contributed by atoms with E-state index in [-0.39, 0.29) is 36.3 Å². The molecule has 134 valence electrons. The van der Waals surface area contributed by atoms with E-state index in [1.807, 2.05) is 0 Å². The SMILES string of the molecule is COc1ccccc1OCC(=O)NCc1nc(-c2ccccc2F)no1. The number of rotatable bonds is 7. The van der Waals surface area contributed by atoms with Crippen LogP contribution in [-0.4, -0.2) is 29.8 Å². The first-order valence-electron chi connectivity index (χ1n) is 7.77. The molecule has 3 aromatic rings. The zero-order chi connectivity index (χ0) is 18.4. The van der Waals surface area contributed by atoms with Crippen molar-refractivity contribution in [3.05, 3.63) is 60.2 Å². The molecule has 0 saturated heterocycles. The van der Waals surface area contributed by atoms with Crippen molar-refractivity contribution in [1.29, 1.82) is 0 Å². The molecule has 0 aliphatic rings. The van der Waals surface area contributed by atoms with Crippen molar-refractivity contribution in [3.8, 4) is 22.9 Å². The molecule has 0 atom stereocenters. The number of hydrogen-bond acceptors (Lipinski definition) is 6. The Labute approximate surface area is 148 Å². The second-order valence-electron chi connectivity index (χ2n) is 5.21. The molecule has 2 aromatic carbocycles. The zero-order valence-electron chi connectivity index (χ0n) is 13.9. The fourth-order valence-electron chi connectivity index (χ4n) is 2.19. The van der Waals surface area contributed by atoms with E-state index < -0.39 is 5.82 Å². The Morgan fingerprint density at radius 2 is 1.88 bits per heavy atom. The first-order chi connectivity index (χ1) is 12.7. The van der Waals surface area contributed by atoms with Crippen LogP contribution < -0.4 is 14.8 Å². The van der Waals surface area contributed by atoms with E-state index >= 15 is 0 Å². The molecule has 0 fully saturated rings. The van der Waals surface area contributed by atoms with E-state index in [2.05, 4.69) is 15.5 Å². The van der Waals surface area contributed by atoms with Gasteiger partial charge in [0.25, 0.3) is 5.91 Å². The molecular weight excluding hydrogens is 341 g/mol. The number of nitrogens with one attached hydrogen (secondary N) is 1. The van der Waals surface area contributed by atoms with Gasteiger partial charge in [0.1, 0.15) is 5.82 Å². The van der Waals surface area contributed by atoms with Gasteiger partial charge in [0.05, 0.1) is 19.2 Å². The van der Waals surface area contributed by atoms with Gasteiger partial charge >= 0.3 is 0 Å². The Hall–Kier alpha value is -3.42. The molecule has 1 heterocycles. The lowest BCUT2D eigenvalue weighted by molar-refractivity contribution is -0.123. The third-order valence-corrected chi connectivity index (χ3v) is 3.45. The lowest BCUT2D eigenvalue weighted by atomic mass is 10.2. The molecule has 1 aromatic heterocycles. The normalized spacial score (nSPS) is 10.4.